The summed E-state index contributed by atoms with van der Waals surface area (Å²) in [5, 5.41) is 14.7. The summed E-state index contributed by atoms with van der Waals surface area (Å²) in [6.07, 6.45) is 2.22. The average Bonchev–Trinajstić information content (AvgIpc) is 2.29. The molecular weight excluding hydrogens is 278 g/mol. The quantitative estimate of drug-likeness (QED) is 0.751. The van der Waals surface area contributed by atoms with Gasteiger partial charge in [-0.3, -0.25) is 5.41 Å². The molecule has 92 valence electrons. The molecule has 1 fully saturated rings. The lowest BCUT2D eigenvalue weighted by molar-refractivity contribution is 0.365. The molecule has 0 saturated carbocycles. The minimum Gasteiger partial charge on any atom is -0.379 e. The van der Waals surface area contributed by atoms with Crippen LogP contribution in [0.15, 0.2) is 24.3 Å². The van der Waals surface area contributed by atoms with Crippen LogP contribution < -0.4 is 10.6 Å². The summed E-state index contributed by atoms with van der Waals surface area (Å²) >= 11 is 3.25. The largest absolute Gasteiger partial charge is 0.379 e. The Morgan fingerprint density at radius 1 is 1.35 bits per heavy atom. The second-order valence-electron chi connectivity index (χ2n) is 4.80. The maximum atomic E-state index is 7.72. The van der Waals surface area contributed by atoms with Crippen LogP contribution in [0.25, 0.3) is 0 Å². The molecule has 0 atom stereocenters. The van der Waals surface area contributed by atoms with Crippen LogP contribution in [0, 0.1) is 5.41 Å². The van der Waals surface area contributed by atoms with Crippen LogP contribution in [-0.2, 0) is 0 Å². The van der Waals surface area contributed by atoms with Crippen LogP contribution >= 0.6 is 15.9 Å². The summed E-state index contributed by atoms with van der Waals surface area (Å²) in [6.45, 7) is 4.36. The lowest BCUT2D eigenvalue weighted by Crippen LogP contribution is -2.45. The summed E-state index contributed by atoms with van der Waals surface area (Å²) in [5.74, 6) is 0. The fraction of sp³-hybridized carbons (Fsp3) is 0.462. The van der Waals surface area contributed by atoms with Crippen molar-refractivity contribution in [2.45, 2.75) is 25.3 Å². The van der Waals surface area contributed by atoms with Gasteiger partial charge in [0.25, 0.3) is 0 Å². The Kier molecular flexibility index (Phi) is 3.84. The van der Waals surface area contributed by atoms with Gasteiger partial charge in [-0.25, -0.2) is 0 Å². The first kappa shape index (κ1) is 12.6. The lowest BCUT2D eigenvalue weighted by atomic mass is 9.90. The smallest absolute Gasteiger partial charge is 0.106 e. The van der Waals surface area contributed by atoms with E-state index in [1.54, 1.807) is 0 Å². The SMILES string of the molecule is CC1(Nc2ccccc2C(=N)Br)CCNCC1. The number of anilines is 1. The Labute approximate surface area is 111 Å². The Bertz CT molecular complexity index is 411. The van der Waals surface area contributed by atoms with Crippen molar-refractivity contribution < 1.29 is 0 Å². The number of rotatable bonds is 3. The molecule has 0 unspecified atom stereocenters. The first-order valence-corrected chi connectivity index (χ1v) is 6.72. The monoisotopic (exact) mass is 295 g/mol. The van der Waals surface area contributed by atoms with Gasteiger partial charge in [0.2, 0.25) is 0 Å². The van der Waals surface area contributed by atoms with E-state index in [0.717, 1.165) is 37.2 Å². The van der Waals surface area contributed by atoms with Crippen LogP contribution in [0.1, 0.15) is 25.3 Å². The van der Waals surface area contributed by atoms with Gasteiger partial charge in [0.05, 0.1) is 0 Å². The fourth-order valence-electron chi connectivity index (χ4n) is 2.21. The molecule has 3 N–H and O–H groups in total. The second-order valence-corrected chi connectivity index (χ2v) is 5.59. The van der Waals surface area contributed by atoms with Gasteiger partial charge >= 0.3 is 0 Å². The topological polar surface area (TPSA) is 47.9 Å². The fourth-order valence-corrected chi connectivity index (χ4v) is 2.56. The third-order valence-corrected chi connectivity index (χ3v) is 3.73. The lowest BCUT2D eigenvalue weighted by Gasteiger charge is -2.36. The molecule has 1 aliphatic heterocycles. The molecule has 2 rings (SSSR count). The highest BCUT2D eigenvalue weighted by Gasteiger charge is 2.26. The van der Waals surface area contributed by atoms with Crippen molar-refractivity contribution in [3.63, 3.8) is 0 Å². The molecule has 0 bridgehead atoms. The van der Waals surface area contributed by atoms with Crippen LogP contribution in [0.3, 0.4) is 0 Å². The van der Waals surface area contributed by atoms with Crippen molar-refractivity contribution in [3.8, 4) is 0 Å². The average molecular weight is 296 g/mol. The molecule has 0 spiro atoms. The Balaban J connectivity index is 2.20. The van der Waals surface area contributed by atoms with Crippen molar-refractivity contribution in [1.29, 1.82) is 5.41 Å². The molecule has 1 saturated heterocycles. The molecular formula is C13H18BrN3. The van der Waals surface area contributed by atoms with Gasteiger partial charge in [0.15, 0.2) is 0 Å². The minimum absolute atomic E-state index is 0.129. The van der Waals surface area contributed by atoms with E-state index >= 15 is 0 Å². The van der Waals surface area contributed by atoms with E-state index in [1.807, 2.05) is 24.3 Å². The molecule has 0 amide bonds. The molecule has 17 heavy (non-hydrogen) atoms. The molecule has 0 aliphatic carbocycles. The molecule has 3 nitrogen and oxygen atoms in total. The molecule has 1 aromatic carbocycles. The molecule has 4 heteroatoms. The summed E-state index contributed by atoms with van der Waals surface area (Å²) in [4.78, 5) is 0. The van der Waals surface area contributed by atoms with Gasteiger partial charge in [0.1, 0.15) is 4.62 Å². The summed E-state index contributed by atoms with van der Waals surface area (Å²) in [5.41, 5.74) is 2.09. The van der Waals surface area contributed by atoms with Gasteiger partial charge in [0, 0.05) is 16.8 Å². The van der Waals surface area contributed by atoms with Gasteiger partial charge < -0.3 is 10.6 Å². The highest BCUT2D eigenvalue weighted by Crippen LogP contribution is 2.27. The summed E-state index contributed by atoms with van der Waals surface area (Å²) < 4.78 is 0.429. The molecule has 1 heterocycles. The first-order valence-electron chi connectivity index (χ1n) is 5.93. The number of halogens is 1. The summed E-state index contributed by atoms with van der Waals surface area (Å²) in [7, 11) is 0. The number of para-hydroxylation sites is 1. The highest BCUT2D eigenvalue weighted by molar-refractivity contribution is 9.18. The van der Waals surface area contributed by atoms with E-state index in [0.29, 0.717) is 4.62 Å². The normalized spacial score (nSPS) is 18.7. The van der Waals surface area contributed by atoms with E-state index in [2.05, 4.69) is 33.5 Å². The summed E-state index contributed by atoms with van der Waals surface area (Å²) in [6, 6.07) is 7.97. The third-order valence-electron chi connectivity index (χ3n) is 3.31. The van der Waals surface area contributed by atoms with Crippen LogP contribution in [0.2, 0.25) is 0 Å². The number of piperidine rings is 1. The van der Waals surface area contributed by atoms with E-state index in [4.69, 9.17) is 5.41 Å². The predicted molar refractivity (Wildman–Crippen MR) is 76.3 cm³/mol. The van der Waals surface area contributed by atoms with Crippen LogP contribution in [-0.4, -0.2) is 23.2 Å². The molecule has 1 aliphatic rings. The Hall–Kier alpha value is -0.870. The van der Waals surface area contributed by atoms with E-state index in [-0.39, 0.29) is 5.54 Å². The molecule has 1 aromatic rings. The Morgan fingerprint density at radius 3 is 2.65 bits per heavy atom. The van der Waals surface area contributed by atoms with E-state index in [1.165, 1.54) is 0 Å². The van der Waals surface area contributed by atoms with Gasteiger partial charge in [-0.1, -0.05) is 18.2 Å². The standard InChI is InChI=1S/C13H18BrN3/c1-13(6-8-16-9-7-13)17-11-5-3-2-4-10(11)12(14)15/h2-5,15-17H,6-9H2,1H3. The number of nitrogens with one attached hydrogen (secondary N) is 3. The van der Waals surface area contributed by atoms with E-state index in [9.17, 15) is 0 Å². The third kappa shape index (κ3) is 3.07. The van der Waals surface area contributed by atoms with Crippen molar-refractivity contribution in [1.82, 2.24) is 5.32 Å². The zero-order valence-electron chi connectivity index (χ0n) is 10.0. The van der Waals surface area contributed by atoms with Crippen molar-refractivity contribution in [3.05, 3.63) is 29.8 Å². The van der Waals surface area contributed by atoms with Gasteiger partial charge in [-0.15, -0.1) is 0 Å². The zero-order valence-corrected chi connectivity index (χ0v) is 11.6. The van der Waals surface area contributed by atoms with Crippen molar-refractivity contribution in [2.75, 3.05) is 18.4 Å². The number of benzene rings is 1. The van der Waals surface area contributed by atoms with Crippen LogP contribution in [0.4, 0.5) is 5.69 Å². The minimum atomic E-state index is 0.129. The molecule has 0 radical (unpaired) electrons. The van der Waals surface area contributed by atoms with E-state index < -0.39 is 0 Å². The predicted octanol–water partition coefficient (Wildman–Crippen LogP) is 2.96. The van der Waals surface area contributed by atoms with Crippen LogP contribution in [0.5, 0.6) is 0 Å². The van der Waals surface area contributed by atoms with Gasteiger partial charge in [-0.2, -0.15) is 0 Å². The van der Waals surface area contributed by atoms with Crippen molar-refractivity contribution >= 4 is 26.2 Å². The maximum absolute atomic E-state index is 7.72. The first-order chi connectivity index (χ1) is 8.11. The second kappa shape index (κ2) is 5.19. The zero-order chi connectivity index (χ0) is 12.3. The number of hydrogen-bond acceptors (Lipinski definition) is 3. The number of hydrogen-bond donors (Lipinski definition) is 3. The maximum Gasteiger partial charge on any atom is 0.106 e. The van der Waals surface area contributed by atoms with Gasteiger partial charge in [-0.05, 0) is 54.9 Å². The Morgan fingerprint density at radius 2 is 2.00 bits per heavy atom. The molecule has 0 aromatic heterocycles. The van der Waals surface area contributed by atoms with Crippen molar-refractivity contribution in [2.24, 2.45) is 0 Å². The highest BCUT2D eigenvalue weighted by atomic mass is 79.9.